The molecule has 0 fully saturated rings. The maximum atomic E-state index is 13.0. The molecule has 1 rings (SSSR count). The number of rotatable bonds is 4. The average Bonchev–Trinajstić information content (AvgIpc) is 2.23. The van der Waals surface area contributed by atoms with Gasteiger partial charge in [0.2, 0.25) is 5.91 Å². The predicted molar refractivity (Wildman–Crippen MR) is 70.5 cm³/mol. The molecule has 1 unspecified atom stereocenters. The number of carbonyl (C=O) groups is 1. The van der Waals surface area contributed by atoms with Gasteiger partial charge in [-0.15, -0.1) is 6.58 Å². The molecule has 3 N–H and O–H groups in total. The predicted octanol–water partition coefficient (Wildman–Crippen LogP) is 3.08. The Morgan fingerprint density at radius 3 is 2.88 bits per heavy atom. The second kappa shape index (κ2) is 6.14. The van der Waals surface area contributed by atoms with Crippen LogP contribution in [0.15, 0.2) is 29.3 Å². The Hall–Kier alpha value is -0.910. The maximum absolute atomic E-state index is 13.0. The van der Waals surface area contributed by atoms with Gasteiger partial charge in [0, 0.05) is 4.47 Å². The molecule has 0 saturated carbocycles. The Bertz CT molecular complexity index is 430. The van der Waals surface area contributed by atoms with Gasteiger partial charge in [0.15, 0.2) is 0 Å². The van der Waals surface area contributed by atoms with E-state index in [0.29, 0.717) is 16.6 Å². The molecule has 3 nitrogen and oxygen atoms in total. The van der Waals surface area contributed by atoms with E-state index in [0.717, 1.165) is 6.07 Å². The van der Waals surface area contributed by atoms with Crippen molar-refractivity contribution in [2.75, 3.05) is 5.32 Å². The fraction of sp³-hybridized carbons (Fsp3) is 0.182. The lowest BCUT2D eigenvalue weighted by Crippen LogP contribution is -2.35. The molecule has 0 heterocycles. The van der Waals surface area contributed by atoms with Gasteiger partial charge < -0.3 is 11.1 Å². The monoisotopic (exact) mass is 320 g/mol. The lowest BCUT2D eigenvalue weighted by atomic mass is 10.2. The molecular weight excluding hydrogens is 310 g/mol. The van der Waals surface area contributed by atoms with Crippen LogP contribution in [0.2, 0.25) is 5.02 Å². The van der Waals surface area contributed by atoms with Crippen molar-refractivity contribution in [2.24, 2.45) is 5.73 Å². The van der Waals surface area contributed by atoms with Gasteiger partial charge in [0.25, 0.3) is 0 Å². The minimum absolute atomic E-state index is 0.107. The molecule has 0 aliphatic heterocycles. The summed E-state index contributed by atoms with van der Waals surface area (Å²) in [6, 6.07) is 1.61. The number of nitrogens with one attached hydrogen (secondary N) is 1. The first-order valence-electron chi connectivity index (χ1n) is 4.77. The molecule has 92 valence electrons. The van der Waals surface area contributed by atoms with Gasteiger partial charge in [-0.25, -0.2) is 4.39 Å². The molecule has 1 aromatic rings. The van der Waals surface area contributed by atoms with Crippen molar-refractivity contribution in [2.45, 2.75) is 12.5 Å². The summed E-state index contributed by atoms with van der Waals surface area (Å²) in [6.45, 7) is 3.49. The van der Waals surface area contributed by atoms with Crippen molar-refractivity contribution in [3.63, 3.8) is 0 Å². The summed E-state index contributed by atoms with van der Waals surface area (Å²) < 4.78 is 13.3. The van der Waals surface area contributed by atoms with Crippen LogP contribution in [-0.2, 0) is 4.79 Å². The molecule has 0 radical (unpaired) electrons. The van der Waals surface area contributed by atoms with Gasteiger partial charge in [0.1, 0.15) is 5.82 Å². The molecule has 0 aromatic heterocycles. The van der Waals surface area contributed by atoms with Gasteiger partial charge in [-0.05, 0) is 34.5 Å². The van der Waals surface area contributed by atoms with Crippen LogP contribution in [0.25, 0.3) is 0 Å². The van der Waals surface area contributed by atoms with Gasteiger partial charge in [-0.3, -0.25) is 4.79 Å². The topological polar surface area (TPSA) is 55.1 Å². The van der Waals surface area contributed by atoms with Crippen LogP contribution in [0.3, 0.4) is 0 Å². The third-order valence-electron chi connectivity index (χ3n) is 2.01. The third kappa shape index (κ3) is 3.80. The van der Waals surface area contributed by atoms with E-state index < -0.39 is 17.8 Å². The Morgan fingerprint density at radius 1 is 1.71 bits per heavy atom. The van der Waals surface area contributed by atoms with Crippen molar-refractivity contribution in [3.8, 4) is 0 Å². The number of carbonyl (C=O) groups excluding carboxylic acids is 1. The van der Waals surface area contributed by atoms with Gasteiger partial charge in [-0.1, -0.05) is 17.7 Å². The zero-order chi connectivity index (χ0) is 13.0. The zero-order valence-corrected chi connectivity index (χ0v) is 11.2. The van der Waals surface area contributed by atoms with Gasteiger partial charge in [-0.2, -0.15) is 0 Å². The summed E-state index contributed by atoms with van der Waals surface area (Å²) in [5, 5.41) is 2.64. The van der Waals surface area contributed by atoms with E-state index in [-0.39, 0.29) is 5.02 Å². The first-order chi connectivity index (χ1) is 7.95. The summed E-state index contributed by atoms with van der Waals surface area (Å²) in [5.41, 5.74) is 5.89. The zero-order valence-electron chi connectivity index (χ0n) is 8.84. The van der Waals surface area contributed by atoms with E-state index in [2.05, 4.69) is 27.8 Å². The highest BCUT2D eigenvalue weighted by Gasteiger charge is 2.16. The smallest absolute Gasteiger partial charge is 0.241 e. The standard InChI is InChI=1S/C11H11BrClFN2O/c1-2-3-9(15)11(17)16-10-7(12)4-6(14)5-8(10)13/h2,4-5,9H,1,3,15H2,(H,16,17). The molecule has 0 aliphatic carbocycles. The van der Waals surface area contributed by atoms with E-state index in [9.17, 15) is 9.18 Å². The van der Waals surface area contributed by atoms with Crippen LogP contribution in [0.5, 0.6) is 0 Å². The van der Waals surface area contributed by atoms with Crippen molar-refractivity contribution < 1.29 is 9.18 Å². The van der Waals surface area contributed by atoms with Crippen LogP contribution in [0, 0.1) is 5.82 Å². The molecule has 1 atom stereocenters. The summed E-state index contributed by atoms with van der Waals surface area (Å²) in [6.07, 6.45) is 1.90. The van der Waals surface area contributed by atoms with Crippen LogP contribution in [0.1, 0.15) is 6.42 Å². The molecule has 0 spiro atoms. The number of hydrogen-bond acceptors (Lipinski definition) is 2. The van der Waals surface area contributed by atoms with Crippen LogP contribution >= 0.6 is 27.5 Å². The molecule has 0 aliphatic rings. The number of benzene rings is 1. The van der Waals surface area contributed by atoms with Crippen LogP contribution < -0.4 is 11.1 Å². The number of hydrogen-bond donors (Lipinski definition) is 2. The quantitative estimate of drug-likeness (QED) is 0.837. The van der Waals surface area contributed by atoms with Crippen LogP contribution in [-0.4, -0.2) is 11.9 Å². The van der Waals surface area contributed by atoms with E-state index in [1.165, 1.54) is 6.07 Å². The first kappa shape index (κ1) is 14.2. The highest BCUT2D eigenvalue weighted by atomic mass is 79.9. The molecule has 0 saturated heterocycles. The summed E-state index contributed by atoms with van der Waals surface area (Å²) >= 11 is 8.93. The lowest BCUT2D eigenvalue weighted by molar-refractivity contribution is -0.117. The van der Waals surface area contributed by atoms with E-state index >= 15 is 0 Å². The molecule has 1 amide bonds. The Kier molecular flexibility index (Phi) is 5.11. The van der Waals surface area contributed by atoms with Gasteiger partial charge in [0.05, 0.1) is 16.8 Å². The second-order valence-electron chi connectivity index (χ2n) is 3.36. The largest absolute Gasteiger partial charge is 0.322 e. The Morgan fingerprint density at radius 2 is 2.35 bits per heavy atom. The summed E-state index contributed by atoms with van der Waals surface area (Å²) in [5.74, 6) is -0.894. The van der Waals surface area contributed by atoms with Crippen LogP contribution in [0.4, 0.5) is 10.1 Å². The maximum Gasteiger partial charge on any atom is 0.241 e. The normalized spacial score (nSPS) is 12.0. The summed E-state index contributed by atoms with van der Waals surface area (Å²) in [4.78, 5) is 11.6. The van der Waals surface area contributed by atoms with E-state index in [1.807, 2.05) is 0 Å². The first-order valence-corrected chi connectivity index (χ1v) is 5.94. The summed E-state index contributed by atoms with van der Waals surface area (Å²) in [7, 11) is 0. The van der Waals surface area contributed by atoms with Crippen molar-refractivity contribution >= 4 is 39.1 Å². The SMILES string of the molecule is C=CCC(N)C(=O)Nc1c(Cl)cc(F)cc1Br. The van der Waals surface area contributed by atoms with Crippen molar-refractivity contribution in [1.82, 2.24) is 0 Å². The minimum atomic E-state index is -0.708. The number of halogens is 3. The second-order valence-corrected chi connectivity index (χ2v) is 4.63. The van der Waals surface area contributed by atoms with Crippen molar-refractivity contribution in [3.05, 3.63) is 40.1 Å². The fourth-order valence-electron chi connectivity index (χ4n) is 1.16. The molecule has 1 aromatic carbocycles. The minimum Gasteiger partial charge on any atom is -0.322 e. The fourth-order valence-corrected chi connectivity index (χ4v) is 2.06. The molecule has 0 bridgehead atoms. The molecule has 17 heavy (non-hydrogen) atoms. The van der Waals surface area contributed by atoms with Gasteiger partial charge >= 0.3 is 0 Å². The Balaban J connectivity index is 2.88. The average molecular weight is 322 g/mol. The number of amides is 1. The number of nitrogens with two attached hydrogens (primary N) is 1. The highest BCUT2D eigenvalue weighted by molar-refractivity contribution is 9.10. The highest BCUT2D eigenvalue weighted by Crippen LogP contribution is 2.31. The van der Waals surface area contributed by atoms with E-state index in [4.69, 9.17) is 17.3 Å². The molecular formula is C11H11BrClFN2O. The molecule has 6 heteroatoms. The van der Waals surface area contributed by atoms with Crippen molar-refractivity contribution in [1.29, 1.82) is 0 Å². The lowest BCUT2D eigenvalue weighted by Gasteiger charge is -2.13. The Labute approximate surface area is 112 Å². The van der Waals surface area contributed by atoms with E-state index in [1.54, 1.807) is 6.08 Å². The third-order valence-corrected chi connectivity index (χ3v) is 2.94. The number of anilines is 1.